The van der Waals surface area contributed by atoms with Gasteiger partial charge < -0.3 is 5.11 Å². The molecule has 0 radical (unpaired) electrons. The molecule has 0 aromatic heterocycles. The van der Waals surface area contributed by atoms with E-state index < -0.39 is 0 Å². The van der Waals surface area contributed by atoms with Crippen molar-refractivity contribution in [1.82, 2.24) is 0 Å². The first-order valence-electron chi connectivity index (χ1n) is 3.32. The molecule has 1 atom stereocenters. The van der Waals surface area contributed by atoms with Crippen molar-refractivity contribution in [2.75, 3.05) is 0 Å². The highest BCUT2D eigenvalue weighted by atomic mass is 16.3. The zero-order valence-corrected chi connectivity index (χ0v) is 5.67. The third-order valence-electron chi connectivity index (χ3n) is 1.57. The van der Waals surface area contributed by atoms with E-state index in [-0.39, 0.29) is 6.10 Å². The number of allylic oxidation sites excluding steroid dienone is 3. The summed E-state index contributed by atoms with van der Waals surface area (Å²) in [5.41, 5.74) is 1.15. The van der Waals surface area contributed by atoms with Gasteiger partial charge in [-0.05, 0) is 25.3 Å². The Morgan fingerprint density at radius 2 is 2.33 bits per heavy atom. The Bertz CT molecular complexity index is 143. The third-order valence-corrected chi connectivity index (χ3v) is 1.57. The van der Waals surface area contributed by atoms with Gasteiger partial charge >= 0.3 is 0 Å². The maximum Gasteiger partial charge on any atom is 0.0725 e. The van der Waals surface area contributed by atoms with Crippen LogP contribution in [0.15, 0.2) is 23.8 Å². The van der Waals surface area contributed by atoms with E-state index in [0.29, 0.717) is 0 Å². The van der Waals surface area contributed by atoms with Gasteiger partial charge in [0.05, 0.1) is 6.10 Å². The second-order valence-corrected chi connectivity index (χ2v) is 2.37. The molecule has 1 unspecified atom stereocenters. The minimum atomic E-state index is -0.255. The van der Waals surface area contributed by atoms with E-state index in [0.717, 1.165) is 18.4 Å². The molecular weight excluding hydrogens is 112 g/mol. The Kier molecular flexibility index (Phi) is 2.06. The summed E-state index contributed by atoms with van der Waals surface area (Å²) in [6, 6.07) is 0. The van der Waals surface area contributed by atoms with Crippen molar-refractivity contribution in [1.29, 1.82) is 0 Å². The molecule has 1 aliphatic carbocycles. The van der Waals surface area contributed by atoms with Crippen molar-refractivity contribution in [3.8, 4) is 0 Å². The van der Waals surface area contributed by atoms with Crippen LogP contribution in [0.1, 0.15) is 19.8 Å². The van der Waals surface area contributed by atoms with Crippen molar-refractivity contribution in [2.45, 2.75) is 25.9 Å². The number of hydrogen-bond donors (Lipinski definition) is 1. The van der Waals surface area contributed by atoms with Crippen molar-refractivity contribution in [2.24, 2.45) is 0 Å². The highest BCUT2D eigenvalue weighted by molar-refractivity contribution is 5.17. The predicted molar refractivity (Wildman–Crippen MR) is 38.1 cm³/mol. The Morgan fingerprint density at radius 1 is 1.56 bits per heavy atom. The Labute approximate surface area is 55.7 Å². The number of aliphatic hydroxyl groups is 1. The fourth-order valence-corrected chi connectivity index (χ4v) is 0.960. The molecule has 0 heterocycles. The molecule has 1 aliphatic rings. The maximum atomic E-state index is 9.07. The summed E-state index contributed by atoms with van der Waals surface area (Å²) in [6.07, 6.45) is 7.96. The molecule has 1 N–H and O–H groups in total. The minimum absolute atomic E-state index is 0.255. The van der Waals surface area contributed by atoms with E-state index in [1.165, 1.54) is 0 Å². The van der Waals surface area contributed by atoms with Crippen LogP contribution in [-0.4, -0.2) is 11.2 Å². The zero-order chi connectivity index (χ0) is 6.69. The normalized spacial score (nSPS) is 21.3. The van der Waals surface area contributed by atoms with E-state index in [2.05, 4.69) is 18.2 Å². The zero-order valence-electron chi connectivity index (χ0n) is 5.67. The Hall–Kier alpha value is -0.560. The molecule has 0 fully saturated rings. The predicted octanol–water partition coefficient (Wildman–Crippen LogP) is 1.64. The SMILES string of the molecule is CC(O)C1=CCC=CC1. The van der Waals surface area contributed by atoms with Crippen LogP contribution in [0.2, 0.25) is 0 Å². The van der Waals surface area contributed by atoms with Gasteiger partial charge in [0.15, 0.2) is 0 Å². The van der Waals surface area contributed by atoms with Gasteiger partial charge in [0.25, 0.3) is 0 Å². The Balaban J connectivity index is 2.50. The maximum absolute atomic E-state index is 9.07. The molecular formula is C8H12O. The van der Waals surface area contributed by atoms with Crippen LogP contribution in [-0.2, 0) is 0 Å². The molecule has 1 nitrogen and oxygen atoms in total. The fourth-order valence-electron chi connectivity index (χ4n) is 0.960. The standard InChI is InChI=1S/C8H12O/c1-7(9)8-5-3-2-4-6-8/h2-3,6-7,9H,4-5H2,1H3. The second kappa shape index (κ2) is 2.83. The molecule has 0 amide bonds. The van der Waals surface area contributed by atoms with E-state index >= 15 is 0 Å². The summed E-state index contributed by atoms with van der Waals surface area (Å²) in [7, 11) is 0. The molecule has 9 heavy (non-hydrogen) atoms. The number of hydrogen-bond acceptors (Lipinski definition) is 1. The summed E-state index contributed by atoms with van der Waals surface area (Å²) in [4.78, 5) is 0. The summed E-state index contributed by atoms with van der Waals surface area (Å²) < 4.78 is 0. The van der Waals surface area contributed by atoms with Gasteiger partial charge in [-0.3, -0.25) is 0 Å². The molecule has 1 rings (SSSR count). The first-order chi connectivity index (χ1) is 4.30. The van der Waals surface area contributed by atoms with Gasteiger partial charge in [0.1, 0.15) is 0 Å². The van der Waals surface area contributed by atoms with E-state index in [4.69, 9.17) is 5.11 Å². The lowest BCUT2D eigenvalue weighted by Crippen LogP contribution is -2.04. The summed E-state index contributed by atoms with van der Waals surface area (Å²) in [5, 5.41) is 9.07. The molecule has 1 heteroatoms. The topological polar surface area (TPSA) is 20.2 Å². The lowest BCUT2D eigenvalue weighted by molar-refractivity contribution is 0.228. The largest absolute Gasteiger partial charge is 0.389 e. The molecule has 0 saturated heterocycles. The fraction of sp³-hybridized carbons (Fsp3) is 0.500. The average molecular weight is 124 g/mol. The van der Waals surface area contributed by atoms with Crippen molar-refractivity contribution >= 4 is 0 Å². The van der Waals surface area contributed by atoms with Crippen LogP contribution in [0.25, 0.3) is 0 Å². The summed E-state index contributed by atoms with van der Waals surface area (Å²) in [6.45, 7) is 1.81. The highest BCUT2D eigenvalue weighted by Crippen LogP contribution is 2.13. The van der Waals surface area contributed by atoms with Crippen LogP contribution in [0.5, 0.6) is 0 Å². The molecule has 0 aromatic rings. The van der Waals surface area contributed by atoms with Gasteiger partial charge in [0, 0.05) is 0 Å². The monoisotopic (exact) mass is 124 g/mol. The second-order valence-electron chi connectivity index (χ2n) is 2.37. The van der Waals surface area contributed by atoms with Crippen LogP contribution in [0.4, 0.5) is 0 Å². The molecule has 0 spiro atoms. The smallest absolute Gasteiger partial charge is 0.0725 e. The van der Waals surface area contributed by atoms with Gasteiger partial charge in [0.2, 0.25) is 0 Å². The molecule has 50 valence electrons. The molecule has 0 aliphatic heterocycles. The average Bonchev–Trinajstić information content (AvgIpc) is 1.90. The van der Waals surface area contributed by atoms with E-state index in [9.17, 15) is 0 Å². The third kappa shape index (κ3) is 1.68. The summed E-state index contributed by atoms with van der Waals surface area (Å²) >= 11 is 0. The Morgan fingerprint density at radius 3 is 2.67 bits per heavy atom. The van der Waals surface area contributed by atoms with Crippen LogP contribution in [0.3, 0.4) is 0 Å². The van der Waals surface area contributed by atoms with Crippen LogP contribution < -0.4 is 0 Å². The van der Waals surface area contributed by atoms with E-state index in [1.54, 1.807) is 0 Å². The quantitative estimate of drug-likeness (QED) is 0.527. The first-order valence-corrected chi connectivity index (χ1v) is 3.32. The minimum Gasteiger partial charge on any atom is -0.389 e. The van der Waals surface area contributed by atoms with E-state index in [1.807, 2.05) is 6.92 Å². The van der Waals surface area contributed by atoms with Gasteiger partial charge in [-0.2, -0.15) is 0 Å². The lowest BCUT2D eigenvalue weighted by Gasteiger charge is -2.09. The molecule has 0 bridgehead atoms. The lowest BCUT2D eigenvalue weighted by atomic mass is 10.0. The van der Waals surface area contributed by atoms with Crippen LogP contribution >= 0.6 is 0 Å². The molecule has 0 aromatic carbocycles. The van der Waals surface area contributed by atoms with Crippen molar-refractivity contribution in [3.63, 3.8) is 0 Å². The number of rotatable bonds is 1. The van der Waals surface area contributed by atoms with Crippen molar-refractivity contribution < 1.29 is 5.11 Å². The summed E-state index contributed by atoms with van der Waals surface area (Å²) in [5.74, 6) is 0. The van der Waals surface area contributed by atoms with Crippen molar-refractivity contribution in [3.05, 3.63) is 23.8 Å². The first kappa shape index (κ1) is 6.56. The molecule has 0 saturated carbocycles. The number of aliphatic hydroxyl groups excluding tert-OH is 1. The van der Waals surface area contributed by atoms with Crippen LogP contribution in [0, 0.1) is 0 Å². The van der Waals surface area contributed by atoms with Gasteiger partial charge in [-0.1, -0.05) is 18.2 Å². The van der Waals surface area contributed by atoms with Gasteiger partial charge in [-0.15, -0.1) is 0 Å². The van der Waals surface area contributed by atoms with Gasteiger partial charge in [-0.25, -0.2) is 0 Å². The highest BCUT2D eigenvalue weighted by Gasteiger charge is 2.03.